The fourth-order valence-electron chi connectivity index (χ4n) is 1.89. The van der Waals surface area contributed by atoms with Gasteiger partial charge in [0, 0.05) is 13.1 Å². The molecule has 0 atom stereocenters. The van der Waals surface area contributed by atoms with Gasteiger partial charge in [0.2, 0.25) is 0 Å². The van der Waals surface area contributed by atoms with E-state index < -0.39 is 0 Å². The zero-order chi connectivity index (χ0) is 15.5. The molecule has 0 aliphatic rings. The van der Waals surface area contributed by atoms with Crippen LogP contribution in [-0.2, 0) is 6.54 Å². The lowest BCUT2D eigenvalue weighted by molar-refractivity contribution is 0.311. The Labute approximate surface area is 131 Å². The lowest BCUT2D eigenvalue weighted by atomic mass is 10.3. The molecule has 0 aliphatic heterocycles. The summed E-state index contributed by atoms with van der Waals surface area (Å²) in [5, 5.41) is 6.50. The zero-order valence-corrected chi connectivity index (χ0v) is 12.9. The molecular formula is C17H23N3O2. The van der Waals surface area contributed by atoms with Crippen molar-refractivity contribution in [1.29, 1.82) is 0 Å². The molecule has 2 N–H and O–H groups in total. The molecule has 22 heavy (non-hydrogen) atoms. The summed E-state index contributed by atoms with van der Waals surface area (Å²) in [5.74, 6) is 2.55. The normalized spacial score (nSPS) is 11.2. The van der Waals surface area contributed by atoms with Gasteiger partial charge >= 0.3 is 0 Å². The molecule has 0 unspecified atom stereocenters. The van der Waals surface area contributed by atoms with Crippen molar-refractivity contribution in [1.82, 2.24) is 10.6 Å². The topological polar surface area (TPSA) is 58.8 Å². The second-order valence-electron chi connectivity index (χ2n) is 4.72. The summed E-state index contributed by atoms with van der Waals surface area (Å²) in [6.45, 7) is 4.88. The number of guanidine groups is 1. The maximum absolute atomic E-state index is 5.65. The van der Waals surface area contributed by atoms with Crippen LogP contribution < -0.4 is 15.4 Å². The highest BCUT2D eigenvalue weighted by molar-refractivity contribution is 5.79. The highest BCUT2D eigenvalue weighted by Gasteiger charge is 1.99. The number of benzene rings is 1. The van der Waals surface area contributed by atoms with Gasteiger partial charge in [0.15, 0.2) is 5.96 Å². The van der Waals surface area contributed by atoms with Gasteiger partial charge in [-0.25, -0.2) is 4.99 Å². The van der Waals surface area contributed by atoms with Crippen molar-refractivity contribution < 1.29 is 9.15 Å². The predicted molar refractivity (Wildman–Crippen MR) is 88.1 cm³/mol. The molecule has 0 spiro atoms. The molecule has 1 heterocycles. The Bertz CT molecular complexity index is 538. The highest BCUT2D eigenvalue weighted by Crippen LogP contribution is 2.08. The van der Waals surface area contributed by atoms with E-state index in [1.165, 1.54) is 0 Å². The zero-order valence-electron chi connectivity index (χ0n) is 12.9. The largest absolute Gasteiger partial charge is 0.494 e. The lowest BCUT2D eigenvalue weighted by Gasteiger charge is -2.11. The maximum atomic E-state index is 5.65. The number of nitrogens with zero attached hydrogens (tertiary/aromatic N) is 1. The van der Waals surface area contributed by atoms with Crippen molar-refractivity contribution >= 4 is 5.96 Å². The first kappa shape index (κ1) is 15.9. The summed E-state index contributed by atoms with van der Waals surface area (Å²) in [7, 11) is 0. The summed E-state index contributed by atoms with van der Waals surface area (Å²) in [4.78, 5) is 4.47. The second kappa shape index (κ2) is 9.50. The molecule has 0 saturated heterocycles. The molecule has 0 bridgehead atoms. The minimum absolute atomic E-state index is 0.531. The maximum Gasteiger partial charge on any atom is 0.191 e. The summed E-state index contributed by atoms with van der Waals surface area (Å²) in [5.41, 5.74) is 0. The molecule has 2 aromatic rings. The molecule has 5 nitrogen and oxygen atoms in total. The van der Waals surface area contributed by atoms with Crippen LogP contribution in [-0.4, -0.2) is 25.7 Å². The molecule has 1 aromatic heterocycles. The van der Waals surface area contributed by atoms with Crippen LogP contribution in [0.2, 0.25) is 0 Å². The fourth-order valence-corrected chi connectivity index (χ4v) is 1.89. The van der Waals surface area contributed by atoms with Crippen molar-refractivity contribution in [3.63, 3.8) is 0 Å². The summed E-state index contributed by atoms with van der Waals surface area (Å²) >= 11 is 0. The number of rotatable bonds is 8. The third-order valence-corrected chi connectivity index (χ3v) is 2.94. The first-order valence-corrected chi connectivity index (χ1v) is 7.61. The van der Waals surface area contributed by atoms with E-state index in [2.05, 4.69) is 15.6 Å². The van der Waals surface area contributed by atoms with Crippen LogP contribution in [0, 0.1) is 0 Å². The van der Waals surface area contributed by atoms with E-state index in [1.54, 1.807) is 6.26 Å². The summed E-state index contributed by atoms with van der Waals surface area (Å²) in [6.07, 6.45) is 2.56. The fraction of sp³-hybridized carbons (Fsp3) is 0.353. The Hall–Kier alpha value is -2.43. The number of ether oxygens (including phenoxy) is 1. The molecule has 0 radical (unpaired) electrons. The van der Waals surface area contributed by atoms with Crippen molar-refractivity contribution in [3.8, 4) is 5.75 Å². The Kier molecular flexibility index (Phi) is 6.88. The van der Waals surface area contributed by atoms with E-state index in [0.717, 1.165) is 37.0 Å². The molecule has 118 valence electrons. The quantitative estimate of drug-likeness (QED) is 0.447. The van der Waals surface area contributed by atoms with Gasteiger partial charge in [0.1, 0.15) is 18.1 Å². The van der Waals surface area contributed by atoms with Crippen LogP contribution in [0.25, 0.3) is 0 Å². The number of hydrogen-bond donors (Lipinski definition) is 2. The van der Waals surface area contributed by atoms with Crippen molar-refractivity contribution in [2.24, 2.45) is 4.99 Å². The summed E-state index contributed by atoms with van der Waals surface area (Å²) in [6, 6.07) is 13.6. The van der Waals surface area contributed by atoms with E-state index in [4.69, 9.17) is 9.15 Å². The van der Waals surface area contributed by atoms with Gasteiger partial charge < -0.3 is 19.8 Å². The molecule has 1 aromatic carbocycles. The Morgan fingerprint density at radius 2 is 2.00 bits per heavy atom. The van der Waals surface area contributed by atoms with Gasteiger partial charge in [-0.05, 0) is 37.6 Å². The predicted octanol–water partition coefficient (Wildman–Crippen LogP) is 2.80. The van der Waals surface area contributed by atoms with Crippen LogP contribution in [0.1, 0.15) is 19.1 Å². The van der Waals surface area contributed by atoms with Gasteiger partial charge in [-0.1, -0.05) is 18.2 Å². The van der Waals surface area contributed by atoms with E-state index in [0.29, 0.717) is 13.2 Å². The standard InChI is InChI=1S/C17H23N3O2/c1-2-18-17(20-14-16-10-6-12-22-16)19-11-7-13-21-15-8-4-3-5-9-15/h3-6,8-10,12H,2,7,11,13-14H2,1H3,(H2,18,19,20). The van der Waals surface area contributed by atoms with Gasteiger partial charge in [0.25, 0.3) is 0 Å². The minimum atomic E-state index is 0.531. The molecule has 5 heteroatoms. The lowest BCUT2D eigenvalue weighted by Crippen LogP contribution is -2.38. The van der Waals surface area contributed by atoms with Crippen molar-refractivity contribution in [2.45, 2.75) is 19.9 Å². The van der Waals surface area contributed by atoms with Crippen LogP contribution in [0.15, 0.2) is 58.1 Å². The Morgan fingerprint density at radius 3 is 2.73 bits per heavy atom. The molecular weight excluding hydrogens is 278 g/mol. The van der Waals surface area contributed by atoms with E-state index in [9.17, 15) is 0 Å². The van der Waals surface area contributed by atoms with Gasteiger partial charge in [-0.2, -0.15) is 0 Å². The summed E-state index contributed by atoms with van der Waals surface area (Å²) < 4.78 is 10.9. The number of furan rings is 1. The number of hydrogen-bond acceptors (Lipinski definition) is 3. The SMILES string of the molecule is CCNC(=NCc1ccco1)NCCCOc1ccccc1. The highest BCUT2D eigenvalue weighted by atomic mass is 16.5. The first-order valence-electron chi connectivity index (χ1n) is 7.61. The molecule has 0 saturated carbocycles. The first-order chi connectivity index (χ1) is 10.9. The Balaban J connectivity index is 1.66. The van der Waals surface area contributed by atoms with Crippen LogP contribution >= 0.6 is 0 Å². The number of nitrogens with one attached hydrogen (secondary N) is 2. The average molecular weight is 301 g/mol. The van der Waals surface area contributed by atoms with E-state index >= 15 is 0 Å². The molecule has 0 amide bonds. The molecule has 2 rings (SSSR count). The van der Waals surface area contributed by atoms with Crippen LogP contribution in [0.4, 0.5) is 0 Å². The average Bonchev–Trinajstić information content (AvgIpc) is 3.06. The Morgan fingerprint density at radius 1 is 1.14 bits per heavy atom. The van der Waals surface area contributed by atoms with E-state index in [1.807, 2.05) is 49.4 Å². The van der Waals surface area contributed by atoms with Crippen LogP contribution in [0.3, 0.4) is 0 Å². The smallest absolute Gasteiger partial charge is 0.191 e. The van der Waals surface area contributed by atoms with Gasteiger partial charge in [-0.15, -0.1) is 0 Å². The third-order valence-electron chi connectivity index (χ3n) is 2.94. The third kappa shape index (κ3) is 5.91. The number of para-hydroxylation sites is 1. The minimum Gasteiger partial charge on any atom is -0.494 e. The molecule has 0 aliphatic carbocycles. The number of aliphatic imine (C=N–C) groups is 1. The molecule has 0 fully saturated rings. The van der Waals surface area contributed by atoms with Crippen molar-refractivity contribution in [3.05, 3.63) is 54.5 Å². The van der Waals surface area contributed by atoms with Gasteiger partial charge in [0.05, 0.1) is 12.9 Å². The second-order valence-corrected chi connectivity index (χ2v) is 4.72. The monoisotopic (exact) mass is 301 g/mol. The van der Waals surface area contributed by atoms with E-state index in [-0.39, 0.29) is 0 Å². The van der Waals surface area contributed by atoms with Crippen LogP contribution in [0.5, 0.6) is 5.75 Å². The van der Waals surface area contributed by atoms with Crippen molar-refractivity contribution in [2.75, 3.05) is 19.7 Å². The van der Waals surface area contributed by atoms with Gasteiger partial charge in [-0.3, -0.25) is 0 Å².